The van der Waals surface area contributed by atoms with E-state index in [0.29, 0.717) is 6.42 Å². The number of carbonyl (C=O) groups excluding carboxylic acids is 1. The Labute approximate surface area is 306 Å². The van der Waals surface area contributed by atoms with Gasteiger partial charge >= 0.3 is 0 Å². The van der Waals surface area contributed by atoms with Crippen LogP contribution in [0.5, 0.6) is 0 Å². The van der Waals surface area contributed by atoms with Gasteiger partial charge in [-0.05, 0) is 185 Å². The van der Waals surface area contributed by atoms with E-state index in [0.717, 1.165) is 64.2 Å². The lowest BCUT2D eigenvalue weighted by molar-refractivity contribution is -0.116. The zero-order valence-electron chi connectivity index (χ0n) is 34.3. The van der Waals surface area contributed by atoms with Crippen molar-refractivity contribution in [3.63, 3.8) is 0 Å². The maximum absolute atomic E-state index is 11.1. The summed E-state index contributed by atoms with van der Waals surface area (Å²) in [6.45, 7) is 24.2. The fraction of sp³-hybridized carbons (Fsp3) is 0.604. The topological polar surface area (TPSA) is 17.1 Å². The number of carbonyl (C=O) groups is 1. The Morgan fingerprint density at radius 2 is 0.429 bits per heavy atom. The van der Waals surface area contributed by atoms with Crippen molar-refractivity contribution in [3.05, 3.63) is 105 Å². The summed E-state index contributed by atoms with van der Waals surface area (Å²) in [4.78, 5) is 11.1. The summed E-state index contributed by atoms with van der Waals surface area (Å²) in [6.07, 6.45) is 41.7. The van der Waals surface area contributed by atoms with Gasteiger partial charge in [0.15, 0.2) is 0 Å². The molecule has 0 rings (SSSR count). The molecule has 0 N–H and O–H groups in total. The molecule has 276 valence electrons. The maximum atomic E-state index is 11.1. The fourth-order valence-electron chi connectivity index (χ4n) is 5.75. The highest BCUT2D eigenvalue weighted by Crippen LogP contribution is 2.17. The first-order valence-corrected chi connectivity index (χ1v) is 19.7. The van der Waals surface area contributed by atoms with E-state index in [1.54, 1.807) is 6.92 Å². The molecule has 0 aromatic carbocycles. The van der Waals surface area contributed by atoms with E-state index in [1.165, 1.54) is 95.1 Å². The molecule has 0 aromatic rings. The Morgan fingerprint density at radius 3 is 0.592 bits per heavy atom. The Bertz CT molecular complexity index is 1210. The number of hydrogen-bond donors (Lipinski definition) is 0. The smallest absolute Gasteiger partial charge is 0.130 e. The molecule has 0 atom stereocenters. The average Bonchev–Trinajstić information content (AvgIpc) is 3.00. The maximum Gasteiger partial charge on any atom is 0.130 e. The van der Waals surface area contributed by atoms with E-state index < -0.39 is 0 Å². The number of hydrogen-bond acceptors (Lipinski definition) is 1. The van der Waals surface area contributed by atoms with Crippen LogP contribution >= 0.6 is 0 Å². The zero-order chi connectivity index (χ0) is 36.9. The molecule has 1 nitrogen and oxygen atoms in total. The van der Waals surface area contributed by atoms with Gasteiger partial charge in [-0.1, -0.05) is 105 Å². The molecule has 0 aliphatic rings. The summed E-state index contributed by atoms with van der Waals surface area (Å²) in [5.74, 6) is 0.276. The van der Waals surface area contributed by atoms with Crippen molar-refractivity contribution in [2.75, 3.05) is 0 Å². The summed E-state index contributed by atoms with van der Waals surface area (Å²) in [6, 6.07) is 0. The summed E-state index contributed by atoms with van der Waals surface area (Å²) >= 11 is 0. The van der Waals surface area contributed by atoms with Crippen LogP contribution in [0.25, 0.3) is 0 Å². The summed E-state index contributed by atoms with van der Waals surface area (Å²) < 4.78 is 0. The van der Waals surface area contributed by atoms with Crippen molar-refractivity contribution in [1.29, 1.82) is 0 Å². The lowest BCUT2D eigenvalue weighted by Crippen LogP contribution is -1.87. The van der Waals surface area contributed by atoms with Gasteiger partial charge in [-0.15, -0.1) is 0 Å². The van der Waals surface area contributed by atoms with Gasteiger partial charge in [-0.2, -0.15) is 0 Å². The second-order valence-electron chi connectivity index (χ2n) is 15.2. The van der Waals surface area contributed by atoms with E-state index in [9.17, 15) is 4.79 Å². The molecule has 49 heavy (non-hydrogen) atoms. The molecule has 0 aliphatic carbocycles. The molecule has 0 radical (unpaired) electrons. The Kier molecular flexibility index (Phi) is 28.5. The molecular formula is C48H78O. The largest absolute Gasteiger partial charge is 0.300 e. The minimum absolute atomic E-state index is 0.276. The van der Waals surface area contributed by atoms with Crippen LogP contribution in [-0.2, 0) is 4.79 Å². The van der Waals surface area contributed by atoms with E-state index in [1.807, 2.05) is 0 Å². The molecule has 0 unspecified atom stereocenters. The SMILES string of the molecule is CC(=O)CCC=C(C)CCC=C(C)CCC=C(C)CCC=C(C)CCC=C(C)CCC=C(C)CCC=C(C)CCC=C(C)CCC=C(C)C. The second-order valence-corrected chi connectivity index (χ2v) is 15.2. The molecule has 0 bridgehead atoms. The molecule has 0 saturated heterocycles. The first-order chi connectivity index (χ1) is 23.3. The van der Waals surface area contributed by atoms with Gasteiger partial charge in [0.25, 0.3) is 0 Å². The number of ketones is 1. The van der Waals surface area contributed by atoms with Crippen LogP contribution in [0.15, 0.2) is 105 Å². The van der Waals surface area contributed by atoms with Gasteiger partial charge in [0, 0.05) is 6.42 Å². The van der Waals surface area contributed by atoms with Crippen molar-refractivity contribution in [3.8, 4) is 0 Å². The molecule has 0 fully saturated rings. The van der Waals surface area contributed by atoms with Crippen molar-refractivity contribution in [2.45, 2.75) is 192 Å². The lowest BCUT2D eigenvalue weighted by atomic mass is 10.0. The van der Waals surface area contributed by atoms with Crippen LogP contribution in [0.3, 0.4) is 0 Å². The first kappa shape index (κ1) is 46.3. The highest BCUT2D eigenvalue weighted by Gasteiger charge is 1.98. The van der Waals surface area contributed by atoms with Crippen molar-refractivity contribution in [2.24, 2.45) is 0 Å². The van der Waals surface area contributed by atoms with E-state index >= 15 is 0 Å². The van der Waals surface area contributed by atoms with E-state index in [4.69, 9.17) is 0 Å². The summed E-state index contributed by atoms with van der Waals surface area (Å²) in [7, 11) is 0. The van der Waals surface area contributed by atoms with Gasteiger partial charge in [-0.25, -0.2) is 0 Å². The normalized spacial score (nSPS) is 14.5. The predicted octanol–water partition coefficient (Wildman–Crippen LogP) is 16.1. The molecular weight excluding hydrogens is 593 g/mol. The Hall–Kier alpha value is -2.67. The monoisotopic (exact) mass is 671 g/mol. The van der Waals surface area contributed by atoms with Crippen LogP contribution in [-0.4, -0.2) is 5.78 Å². The molecule has 0 heterocycles. The van der Waals surface area contributed by atoms with Crippen LogP contribution < -0.4 is 0 Å². The lowest BCUT2D eigenvalue weighted by Gasteiger charge is -2.04. The highest BCUT2D eigenvalue weighted by atomic mass is 16.1. The second kappa shape index (κ2) is 30.2. The first-order valence-electron chi connectivity index (χ1n) is 19.7. The summed E-state index contributed by atoms with van der Waals surface area (Å²) in [5.41, 5.74) is 13.4. The third-order valence-corrected chi connectivity index (χ3v) is 9.30. The molecule has 0 amide bonds. The fourth-order valence-corrected chi connectivity index (χ4v) is 5.75. The number of Topliss-reactive ketones (excluding diaryl/α,β-unsaturated/α-hetero) is 1. The van der Waals surface area contributed by atoms with Crippen molar-refractivity contribution in [1.82, 2.24) is 0 Å². The van der Waals surface area contributed by atoms with Crippen LogP contribution in [0, 0.1) is 0 Å². The zero-order valence-corrected chi connectivity index (χ0v) is 34.3. The van der Waals surface area contributed by atoms with E-state index in [-0.39, 0.29) is 5.78 Å². The van der Waals surface area contributed by atoms with Gasteiger partial charge in [0.2, 0.25) is 0 Å². The van der Waals surface area contributed by atoms with Crippen molar-refractivity contribution < 1.29 is 4.79 Å². The number of rotatable bonds is 27. The highest BCUT2D eigenvalue weighted by molar-refractivity contribution is 5.75. The standard InChI is InChI=1S/C48H78O/c1-39(2)21-12-22-40(3)23-13-24-41(4)25-14-26-42(5)27-15-28-43(6)29-16-30-44(7)31-17-32-45(8)33-18-34-46(9)35-19-36-47(10)37-20-38-48(11)49/h21,23,25,27,29,31,33,35,37H,12-20,22,24,26,28,30,32,34,36,38H2,1-11H3. The minimum Gasteiger partial charge on any atom is -0.300 e. The molecule has 0 aliphatic heterocycles. The molecule has 0 aromatic heterocycles. The minimum atomic E-state index is 0.276. The quantitative estimate of drug-likeness (QED) is 0.0795. The van der Waals surface area contributed by atoms with Crippen LogP contribution in [0.4, 0.5) is 0 Å². The molecule has 0 saturated carbocycles. The van der Waals surface area contributed by atoms with Crippen LogP contribution in [0.2, 0.25) is 0 Å². The van der Waals surface area contributed by atoms with Crippen molar-refractivity contribution >= 4 is 5.78 Å². The van der Waals surface area contributed by atoms with Gasteiger partial charge < -0.3 is 4.79 Å². The van der Waals surface area contributed by atoms with Crippen LogP contribution in [0.1, 0.15) is 192 Å². The van der Waals surface area contributed by atoms with Gasteiger partial charge in [0.1, 0.15) is 5.78 Å². The Balaban J connectivity index is 4.22. The molecule has 0 spiro atoms. The van der Waals surface area contributed by atoms with E-state index in [2.05, 4.69) is 124 Å². The van der Waals surface area contributed by atoms with Gasteiger partial charge in [-0.3, -0.25) is 0 Å². The number of allylic oxidation sites excluding steroid dienone is 18. The predicted molar refractivity (Wildman–Crippen MR) is 223 cm³/mol. The average molecular weight is 671 g/mol. The van der Waals surface area contributed by atoms with Gasteiger partial charge in [0.05, 0.1) is 0 Å². The Morgan fingerprint density at radius 1 is 0.265 bits per heavy atom. The summed E-state index contributed by atoms with van der Waals surface area (Å²) in [5, 5.41) is 0. The third-order valence-electron chi connectivity index (χ3n) is 9.30. The third kappa shape index (κ3) is 32.3. The molecule has 1 heteroatoms.